The number of benzene rings is 1. The van der Waals surface area contributed by atoms with Crippen molar-refractivity contribution in [2.45, 2.75) is 43.5 Å². The monoisotopic (exact) mass is 304 g/mol. The molecule has 0 saturated carbocycles. The van der Waals surface area contributed by atoms with E-state index >= 15 is 0 Å². The molecular weight excluding hydrogens is 284 g/mol. The maximum absolute atomic E-state index is 12.3. The first-order valence-corrected chi connectivity index (χ1v) is 7.45. The third kappa shape index (κ3) is 3.06. The van der Waals surface area contributed by atoms with Crippen LogP contribution < -0.4 is 0 Å². The minimum atomic E-state index is -0.413. The molecule has 2 saturated heterocycles. The molecule has 0 unspecified atom stereocenters. The lowest BCUT2D eigenvalue weighted by atomic mass is 10.00. The van der Waals surface area contributed by atoms with E-state index in [9.17, 15) is 4.79 Å². The van der Waals surface area contributed by atoms with Crippen LogP contribution in [0.4, 0.5) is 0 Å². The lowest BCUT2D eigenvalue weighted by Gasteiger charge is -2.32. The number of carbonyl (C=O) groups excluding carboxylic acids is 1. The van der Waals surface area contributed by atoms with Crippen molar-refractivity contribution in [3.8, 4) is 0 Å². The number of ether oxygens (including phenoxy) is 4. The Hall–Kier alpha value is -1.69. The Morgan fingerprint density at radius 1 is 1.27 bits per heavy atom. The van der Waals surface area contributed by atoms with Gasteiger partial charge in [-0.3, -0.25) is 0 Å². The Morgan fingerprint density at radius 2 is 2.05 bits per heavy atom. The number of fused-ring (bicyclic) bond motifs is 1. The van der Waals surface area contributed by atoms with E-state index < -0.39 is 12.4 Å². The molecule has 2 aliphatic rings. The molecule has 0 radical (unpaired) electrons. The number of rotatable bonds is 6. The van der Waals surface area contributed by atoms with Crippen LogP contribution in [0.25, 0.3) is 0 Å². The fourth-order valence-corrected chi connectivity index (χ4v) is 2.77. The van der Waals surface area contributed by atoms with Gasteiger partial charge in [0.15, 0.2) is 12.4 Å². The summed E-state index contributed by atoms with van der Waals surface area (Å²) in [5.74, 6) is -0.358. The van der Waals surface area contributed by atoms with E-state index in [0.717, 1.165) is 6.42 Å². The highest BCUT2D eigenvalue weighted by Crippen LogP contribution is 2.40. The van der Waals surface area contributed by atoms with Crippen LogP contribution in [0.2, 0.25) is 0 Å². The quantitative estimate of drug-likeness (QED) is 0.458. The van der Waals surface area contributed by atoms with Crippen LogP contribution in [0, 0.1) is 0 Å². The van der Waals surface area contributed by atoms with Gasteiger partial charge in [0.05, 0.1) is 5.56 Å². The molecule has 0 aromatic heterocycles. The summed E-state index contributed by atoms with van der Waals surface area (Å²) in [6.07, 6.45) is 1.94. The zero-order chi connectivity index (χ0) is 15.5. The Morgan fingerprint density at radius 3 is 2.73 bits per heavy atom. The average Bonchev–Trinajstić information content (AvgIpc) is 3.35. The molecule has 0 bridgehead atoms. The van der Waals surface area contributed by atoms with Crippen LogP contribution in [-0.4, -0.2) is 43.8 Å². The Kier molecular flexibility index (Phi) is 4.57. The third-order valence-electron chi connectivity index (χ3n) is 3.97. The number of hydrogen-bond donors (Lipinski definition) is 0. The van der Waals surface area contributed by atoms with Gasteiger partial charge in [0.2, 0.25) is 0 Å². The summed E-state index contributed by atoms with van der Waals surface area (Å²) in [5.41, 5.74) is 0.524. The maximum atomic E-state index is 12.3. The van der Waals surface area contributed by atoms with Crippen molar-refractivity contribution in [3.63, 3.8) is 0 Å². The fraction of sp³-hybridized carbons (Fsp3) is 0.471. The zero-order valence-electron chi connectivity index (χ0n) is 12.5. The lowest BCUT2D eigenvalue weighted by molar-refractivity contribution is -0.200. The molecule has 1 aromatic carbocycles. The zero-order valence-corrected chi connectivity index (χ0v) is 12.5. The molecule has 3 rings (SSSR count). The van der Waals surface area contributed by atoms with Gasteiger partial charge in [-0.05, 0) is 25.0 Å². The number of allylic oxidation sites excluding steroid dienone is 1. The number of hydrogen-bond acceptors (Lipinski definition) is 5. The number of methoxy groups -OCH3 is 1. The number of carbonyl (C=O) groups is 1. The molecular formula is C17H20O5. The van der Waals surface area contributed by atoms with E-state index in [4.69, 9.17) is 18.9 Å². The van der Waals surface area contributed by atoms with Crippen molar-refractivity contribution < 1.29 is 23.7 Å². The van der Waals surface area contributed by atoms with Crippen LogP contribution in [0.3, 0.4) is 0 Å². The summed E-state index contributed by atoms with van der Waals surface area (Å²) >= 11 is 0. The van der Waals surface area contributed by atoms with Crippen molar-refractivity contribution in [1.82, 2.24) is 0 Å². The van der Waals surface area contributed by atoms with Gasteiger partial charge in [0, 0.05) is 7.11 Å². The number of epoxide rings is 1. The summed E-state index contributed by atoms with van der Waals surface area (Å²) in [7, 11) is 1.59. The molecule has 118 valence electrons. The van der Waals surface area contributed by atoms with Crippen LogP contribution in [0.5, 0.6) is 0 Å². The van der Waals surface area contributed by atoms with E-state index in [-0.39, 0.29) is 24.3 Å². The van der Waals surface area contributed by atoms with Crippen LogP contribution in [-0.2, 0) is 18.9 Å². The van der Waals surface area contributed by atoms with Crippen LogP contribution in [0.15, 0.2) is 43.0 Å². The second-order valence-corrected chi connectivity index (χ2v) is 5.45. The summed E-state index contributed by atoms with van der Waals surface area (Å²) in [5, 5.41) is 0. The predicted molar refractivity (Wildman–Crippen MR) is 79.4 cm³/mol. The predicted octanol–water partition coefficient (Wildman–Crippen LogP) is 2.32. The highest BCUT2D eigenvalue weighted by Gasteiger charge is 2.59. The van der Waals surface area contributed by atoms with Gasteiger partial charge in [-0.2, -0.15) is 0 Å². The summed E-state index contributed by atoms with van der Waals surface area (Å²) < 4.78 is 22.4. The number of esters is 1. The first-order chi connectivity index (χ1) is 10.7. The molecule has 2 heterocycles. The summed E-state index contributed by atoms with van der Waals surface area (Å²) in [4.78, 5) is 12.3. The van der Waals surface area contributed by atoms with Gasteiger partial charge in [-0.25, -0.2) is 4.79 Å². The average molecular weight is 304 g/mol. The first-order valence-electron chi connectivity index (χ1n) is 7.45. The minimum Gasteiger partial charge on any atom is -0.453 e. The first kappa shape index (κ1) is 15.2. The molecule has 5 atom stereocenters. The third-order valence-corrected chi connectivity index (χ3v) is 3.97. The van der Waals surface area contributed by atoms with Crippen molar-refractivity contribution in [2.75, 3.05) is 7.11 Å². The van der Waals surface area contributed by atoms with Gasteiger partial charge in [-0.15, -0.1) is 6.58 Å². The normalized spacial score (nSPS) is 32.9. The smallest absolute Gasteiger partial charge is 0.338 e. The van der Waals surface area contributed by atoms with Gasteiger partial charge in [-0.1, -0.05) is 24.3 Å². The van der Waals surface area contributed by atoms with Crippen molar-refractivity contribution in [3.05, 3.63) is 48.6 Å². The maximum Gasteiger partial charge on any atom is 0.338 e. The van der Waals surface area contributed by atoms with E-state index in [1.54, 1.807) is 31.4 Å². The van der Waals surface area contributed by atoms with Gasteiger partial charge < -0.3 is 18.9 Å². The van der Waals surface area contributed by atoms with Crippen molar-refractivity contribution in [1.29, 1.82) is 0 Å². The van der Waals surface area contributed by atoms with Crippen LogP contribution in [0.1, 0.15) is 23.2 Å². The summed E-state index contributed by atoms with van der Waals surface area (Å²) in [6.45, 7) is 3.72. The second kappa shape index (κ2) is 6.60. The van der Waals surface area contributed by atoms with E-state index in [1.807, 2.05) is 12.1 Å². The lowest BCUT2D eigenvalue weighted by Crippen LogP contribution is -2.47. The van der Waals surface area contributed by atoms with E-state index in [0.29, 0.717) is 12.0 Å². The molecule has 22 heavy (non-hydrogen) atoms. The molecule has 2 aliphatic heterocycles. The molecule has 0 aliphatic carbocycles. The molecule has 0 spiro atoms. The molecule has 1 aromatic rings. The SMILES string of the molecule is C=CCC[C@H]1O[C@H](OC)[C@@H]2O[C@@H]2[C@@H]1OC(=O)c1ccccc1. The Labute approximate surface area is 129 Å². The van der Waals surface area contributed by atoms with Gasteiger partial charge >= 0.3 is 5.97 Å². The van der Waals surface area contributed by atoms with Gasteiger partial charge in [0.1, 0.15) is 18.3 Å². The minimum absolute atomic E-state index is 0.152. The molecule has 2 fully saturated rings. The van der Waals surface area contributed by atoms with Crippen molar-refractivity contribution >= 4 is 5.97 Å². The van der Waals surface area contributed by atoms with E-state index in [2.05, 4.69) is 6.58 Å². The molecule has 0 N–H and O–H groups in total. The Balaban J connectivity index is 1.70. The second-order valence-electron chi connectivity index (χ2n) is 5.45. The van der Waals surface area contributed by atoms with E-state index in [1.165, 1.54) is 0 Å². The fourth-order valence-electron chi connectivity index (χ4n) is 2.77. The standard InChI is InChI=1S/C17H20O5/c1-3-4-10-12-13(14-15(21-14)17(19-2)20-12)22-16(18)11-8-6-5-7-9-11/h3,5-9,12-15,17H,1,4,10H2,2H3/t12-,13-,14-,15-,17+/m1/s1. The molecule has 0 amide bonds. The Bertz CT molecular complexity index is 529. The summed E-state index contributed by atoms with van der Waals surface area (Å²) in [6, 6.07) is 8.93. The highest BCUT2D eigenvalue weighted by atomic mass is 16.7. The molecule has 5 heteroatoms. The van der Waals surface area contributed by atoms with Crippen LogP contribution >= 0.6 is 0 Å². The van der Waals surface area contributed by atoms with Crippen molar-refractivity contribution in [2.24, 2.45) is 0 Å². The molecule has 5 nitrogen and oxygen atoms in total. The highest BCUT2D eigenvalue weighted by molar-refractivity contribution is 5.89. The topological polar surface area (TPSA) is 57.3 Å². The largest absolute Gasteiger partial charge is 0.453 e. The van der Waals surface area contributed by atoms with Gasteiger partial charge in [0.25, 0.3) is 0 Å².